The number of benzene rings is 1. The molecule has 1 N–H and O–H groups in total. The molecule has 3 rings (SSSR count). The minimum atomic E-state index is -0.248. The second-order valence-corrected chi connectivity index (χ2v) is 7.50. The van der Waals surface area contributed by atoms with Gasteiger partial charge < -0.3 is 19.7 Å². The van der Waals surface area contributed by atoms with E-state index in [1.165, 1.54) is 12.5 Å². The van der Waals surface area contributed by atoms with Gasteiger partial charge in [0.05, 0.1) is 6.61 Å². The van der Waals surface area contributed by atoms with Crippen LogP contribution in [0, 0.1) is 17.7 Å². The van der Waals surface area contributed by atoms with Crippen molar-refractivity contribution in [1.82, 2.24) is 10.2 Å². The van der Waals surface area contributed by atoms with Gasteiger partial charge in [-0.1, -0.05) is 13.8 Å². The summed E-state index contributed by atoms with van der Waals surface area (Å²) in [6, 6.07) is 3.04. The number of nitrogens with zero attached hydrogens (tertiary/aromatic N) is 2. The molecule has 1 fully saturated rings. The Bertz CT molecular complexity index is 640. The molecular weight excluding hydrogens is 333 g/mol. The van der Waals surface area contributed by atoms with E-state index in [2.05, 4.69) is 31.0 Å². The van der Waals surface area contributed by atoms with Crippen molar-refractivity contribution >= 4 is 5.96 Å². The van der Waals surface area contributed by atoms with E-state index in [9.17, 15) is 4.39 Å². The van der Waals surface area contributed by atoms with Crippen molar-refractivity contribution < 1.29 is 13.9 Å². The molecule has 2 heterocycles. The summed E-state index contributed by atoms with van der Waals surface area (Å²) in [7, 11) is 0. The molecule has 0 radical (unpaired) electrons. The highest BCUT2D eigenvalue weighted by Gasteiger charge is 2.24. The number of halogens is 1. The molecule has 1 saturated heterocycles. The smallest absolute Gasteiger partial charge is 0.193 e. The Morgan fingerprint density at radius 1 is 1.31 bits per heavy atom. The van der Waals surface area contributed by atoms with Crippen LogP contribution in [-0.2, 0) is 17.8 Å². The Hall–Kier alpha value is -1.82. The maximum Gasteiger partial charge on any atom is 0.193 e. The zero-order valence-corrected chi connectivity index (χ0v) is 16.1. The normalized spacial score (nSPS) is 23.4. The van der Waals surface area contributed by atoms with Gasteiger partial charge in [0, 0.05) is 31.7 Å². The van der Waals surface area contributed by atoms with Crippen molar-refractivity contribution in [2.45, 2.75) is 40.2 Å². The number of fused-ring (bicyclic) bond motifs is 1. The van der Waals surface area contributed by atoms with Crippen LogP contribution in [0.1, 0.15) is 38.3 Å². The highest BCUT2D eigenvalue weighted by atomic mass is 19.1. The zero-order chi connectivity index (χ0) is 18.5. The molecule has 0 aliphatic carbocycles. The Morgan fingerprint density at radius 3 is 2.81 bits per heavy atom. The highest BCUT2D eigenvalue weighted by molar-refractivity contribution is 5.80. The maximum atomic E-state index is 13.9. The quantitative estimate of drug-likeness (QED) is 0.659. The van der Waals surface area contributed by atoms with E-state index in [0.717, 1.165) is 42.5 Å². The number of rotatable bonds is 4. The van der Waals surface area contributed by atoms with Crippen LogP contribution in [0.5, 0.6) is 5.75 Å². The first-order valence-electron chi connectivity index (χ1n) is 9.62. The fraction of sp³-hybridized carbons (Fsp3) is 0.650. The van der Waals surface area contributed by atoms with E-state index < -0.39 is 0 Å². The van der Waals surface area contributed by atoms with Gasteiger partial charge in [-0.05, 0) is 49.3 Å². The van der Waals surface area contributed by atoms with Crippen molar-refractivity contribution in [2.75, 3.05) is 33.0 Å². The first kappa shape index (κ1) is 19.0. The van der Waals surface area contributed by atoms with E-state index in [4.69, 9.17) is 14.5 Å². The SMILES string of the molecule is CCNC(=NCCc1cc(F)cc2c1OCOC2)N1CC(C)CC(C)C1. The van der Waals surface area contributed by atoms with Crippen LogP contribution in [0.15, 0.2) is 17.1 Å². The van der Waals surface area contributed by atoms with Gasteiger partial charge in [-0.3, -0.25) is 4.99 Å². The summed E-state index contributed by atoms with van der Waals surface area (Å²) in [4.78, 5) is 7.16. The number of nitrogens with one attached hydrogen (secondary N) is 1. The summed E-state index contributed by atoms with van der Waals surface area (Å²) >= 11 is 0. The van der Waals surface area contributed by atoms with E-state index in [1.54, 1.807) is 6.07 Å². The molecule has 0 bridgehead atoms. The molecule has 1 aromatic rings. The Balaban J connectivity index is 1.70. The van der Waals surface area contributed by atoms with Gasteiger partial charge in [0.25, 0.3) is 0 Å². The Kier molecular flexibility index (Phi) is 6.35. The number of aliphatic imine (C=N–C) groups is 1. The van der Waals surface area contributed by atoms with E-state index in [-0.39, 0.29) is 12.6 Å². The standard InChI is InChI=1S/C20H30FN3O2/c1-4-22-20(24-10-14(2)7-15(3)11-24)23-6-5-16-8-18(21)9-17-12-25-13-26-19(16)17/h8-9,14-15H,4-7,10-13H2,1-3H3,(H,22,23). The predicted octanol–water partition coefficient (Wildman–Crippen LogP) is 3.18. The van der Waals surface area contributed by atoms with Crippen LogP contribution in [0.4, 0.5) is 4.39 Å². The van der Waals surface area contributed by atoms with E-state index in [0.29, 0.717) is 31.4 Å². The van der Waals surface area contributed by atoms with Crippen molar-refractivity contribution in [3.05, 3.63) is 29.1 Å². The minimum Gasteiger partial charge on any atom is -0.467 e. The molecule has 5 nitrogen and oxygen atoms in total. The average Bonchev–Trinajstić information content (AvgIpc) is 2.60. The number of hydrogen-bond donors (Lipinski definition) is 1. The lowest BCUT2D eigenvalue weighted by Crippen LogP contribution is -2.48. The summed E-state index contributed by atoms with van der Waals surface area (Å²) in [5.41, 5.74) is 1.64. The summed E-state index contributed by atoms with van der Waals surface area (Å²) in [6.45, 7) is 10.8. The molecule has 26 heavy (non-hydrogen) atoms. The number of guanidine groups is 1. The third-order valence-corrected chi connectivity index (χ3v) is 4.90. The van der Waals surface area contributed by atoms with E-state index in [1.807, 2.05) is 0 Å². The molecule has 0 saturated carbocycles. The van der Waals surface area contributed by atoms with Gasteiger partial charge >= 0.3 is 0 Å². The van der Waals surface area contributed by atoms with Crippen molar-refractivity contribution in [2.24, 2.45) is 16.8 Å². The fourth-order valence-electron chi connectivity index (χ4n) is 3.99. The van der Waals surface area contributed by atoms with E-state index >= 15 is 0 Å². The lowest BCUT2D eigenvalue weighted by Gasteiger charge is -2.37. The maximum absolute atomic E-state index is 13.9. The number of hydrogen-bond acceptors (Lipinski definition) is 3. The Morgan fingerprint density at radius 2 is 2.08 bits per heavy atom. The lowest BCUT2D eigenvalue weighted by molar-refractivity contribution is -0.0172. The third-order valence-electron chi connectivity index (χ3n) is 4.90. The molecule has 1 aromatic carbocycles. The molecule has 2 unspecified atom stereocenters. The second-order valence-electron chi connectivity index (χ2n) is 7.50. The van der Waals surface area contributed by atoms with Crippen LogP contribution in [0.2, 0.25) is 0 Å². The average molecular weight is 363 g/mol. The molecule has 0 amide bonds. The van der Waals surface area contributed by atoms with Crippen LogP contribution in [0.25, 0.3) is 0 Å². The molecule has 2 aliphatic rings. The summed E-state index contributed by atoms with van der Waals surface area (Å²) < 4.78 is 24.7. The zero-order valence-electron chi connectivity index (χ0n) is 16.1. The largest absolute Gasteiger partial charge is 0.467 e. The Labute approximate surface area is 155 Å². The van der Waals surface area contributed by atoms with Crippen LogP contribution in [0.3, 0.4) is 0 Å². The lowest BCUT2D eigenvalue weighted by atomic mass is 9.92. The number of ether oxygens (including phenoxy) is 2. The highest BCUT2D eigenvalue weighted by Crippen LogP contribution is 2.29. The molecule has 0 spiro atoms. The molecule has 144 valence electrons. The van der Waals surface area contributed by atoms with Gasteiger partial charge in [0.2, 0.25) is 0 Å². The third kappa shape index (κ3) is 4.67. The molecule has 2 atom stereocenters. The van der Waals surface area contributed by atoms with Crippen LogP contribution < -0.4 is 10.1 Å². The second kappa shape index (κ2) is 8.71. The molecule has 6 heteroatoms. The van der Waals surface area contributed by atoms with Gasteiger partial charge in [0.1, 0.15) is 11.6 Å². The summed E-state index contributed by atoms with van der Waals surface area (Å²) in [5, 5.41) is 3.40. The number of likely N-dealkylation sites (tertiary alicyclic amines) is 1. The van der Waals surface area contributed by atoms with Gasteiger partial charge in [-0.15, -0.1) is 0 Å². The fourth-order valence-corrected chi connectivity index (χ4v) is 3.99. The van der Waals surface area contributed by atoms with Crippen LogP contribution >= 0.6 is 0 Å². The molecular formula is C20H30FN3O2. The van der Waals surface area contributed by atoms with Gasteiger partial charge in [0.15, 0.2) is 12.8 Å². The summed E-state index contributed by atoms with van der Waals surface area (Å²) in [6.07, 6.45) is 1.92. The number of piperidine rings is 1. The van der Waals surface area contributed by atoms with Crippen molar-refractivity contribution in [3.63, 3.8) is 0 Å². The van der Waals surface area contributed by atoms with Gasteiger partial charge in [-0.2, -0.15) is 0 Å². The topological polar surface area (TPSA) is 46.1 Å². The van der Waals surface area contributed by atoms with Crippen molar-refractivity contribution in [1.29, 1.82) is 0 Å². The first-order chi connectivity index (χ1) is 12.6. The monoisotopic (exact) mass is 363 g/mol. The first-order valence-corrected chi connectivity index (χ1v) is 9.62. The molecule has 2 aliphatic heterocycles. The van der Waals surface area contributed by atoms with Crippen molar-refractivity contribution in [3.8, 4) is 5.75 Å². The summed E-state index contributed by atoms with van der Waals surface area (Å²) in [5.74, 6) is 2.82. The van der Waals surface area contributed by atoms with Gasteiger partial charge in [-0.25, -0.2) is 4.39 Å². The predicted molar refractivity (Wildman–Crippen MR) is 101 cm³/mol. The molecule has 0 aromatic heterocycles. The minimum absolute atomic E-state index is 0.223. The van der Waals surface area contributed by atoms with Crippen LogP contribution in [-0.4, -0.2) is 43.8 Å².